The van der Waals surface area contributed by atoms with Crippen molar-refractivity contribution in [2.24, 2.45) is 11.7 Å². The van der Waals surface area contributed by atoms with Gasteiger partial charge in [-0.1, -0.05) is 13.8 Å². The first kappa shape index (κ1) is 15.3. The molecule has 1 aromatic heterocycles. The van der Waals surface area contributed by atoms with Crippen molar-refractivity contribution in [1.82, 2.24) is 4.98 Å². The molecule has 4 N–H and O–H groups in total. The minimum Gasteiger partial charge on any atom is -0.408 e. The van der Waals surface area contributed by atoms with Crippen LogP contribution in [0.2, 0.25) is 0 Å². The molecule has 0 spiro atoms. The van der Waals surface area contributed by atoms with E-state index in [1.54, 1.807) is 18.2 Å². The monoisotopic (exact) mass is 285 g/mol. The number of benzene rings is 1. The molecule has 0 aliphatic carbocycles. The lowest BCUT2D eigenvalue weighted by molar-refractivity contribution is -0.118. The van der Waals surface area contributed by atoms with E-state index in [9.17, 15) is 9.59 Å². The molecule has 0 radical (unpaired) electrons. The lowest BCUT2D eigenvalue weighted by atomic mass is 10.0. The molecule has 0 fully saturated rings. The third-order valence-electron chi connectivity index (χ3n) is 2.71. The van der Waals surface area contributed by atoms with Crippen molar-refractivity contribution in [3.8, 4) is 0 Å². The maximum atomic E-state index is 11.8. The number of amides is 1. The SMILES string of the molecule is CC(C)C(N)C(=O)Nc1ccc2oc(=O)[nH]c2c1.Cl. The molecule has 6 nitrogen and oxygen atoms in total. The molecular formula is C12H16ClN3O3. The van der Waals surface area contributed by atoms with E-state index in [4.69, 9.17) is 10.2 Å². The number of H-pyrrole nitrogens is 1. The van der Waals surface area contributed by atoms with E-state index >= 15 is 0 Å². The van der Waals surface area contributed by atoms with Gasteiger partial charge in [0.25, 0.3) is 0 Å². The first-order chi connectivity index (χ1) is 8.47. The van der Waals surface area contributed by atoms with Gasteiger partial charge < -0.3 is 15.5 Å². The van der Waals surface area contributed by atoms with E-state index in [-0.39, 0.29) is 24.2 Å². The van der Waals surface area contributed by atoms with Crippen LogP contribution in [0.1, 0.15) is 13.8 Å². The molecule has 19 heavy (non-hydrogen) atoms. The minimum absolute atomic E-state index is 0. The van der Waals surface area contributed by atoms with Crippen molar-refractivity contribution in [3.63, 3.8) is 0 Å². The van der Waals surface area contributed by atoms with E-state index in [0.717, 1.165) is 0 Å². The number of aromatic amines is 1. The third kappa shape index (κ3) is 3.36. The highest BCUT2D eigenvalue weighted by atomic mass is 35.5. The van der Waals surface area contributed by atoms with Gasteiger partial charge in [0.1, 0.15) is 0 Å². The van der Waals surface area contributed by atoms with Gasteiger partial charge in [-0.3, -0.25) is 9.78 Å². The van der Waals surface area contributed by atoms with Crippen LogP contribution in [0.4, 0.5) is 5.69 Å². The van der Waals surface area contributed by atoms with Gasteiger partial charge in [-0.15, -0.1) is 12.4 Å². The molecule has 1 amide bonds. The Morgan fingerprint density at radius 2 is 2.11 bits per heavy atom. The zero-order valence-electron chi connectivity index (χ0n) is 10.6. The fourth-order valence-corrected chi connectivity index (χ4v) is 1.56. The summed E-state index contributed by atoms with van der Waals surface area (Å²) < 4.78 is 4.87. The average molecular weight is 286 g/mol. The van der Waals surface area contributed by atoms with Gasteiger partial charge >= 0.3 is 5.76 Å². The molecule has 0 saturated heterocycles. The second-order valence-electron chi connectivity index (χ2n) is 4.48. The van der Waals surface area contributed by atoms with Crippen LogP contribution in [0.5, 0.6) is 0 Å². The van der Waals surface area contributed by atoms with E-state index in [0.29, 0.717) is 16.8 Å². The smallest absolute Gasteiger partial charge is 0.408 e. The molecule has 0 bridgehead atoms. The lowest BCUT2D eigenvalue weighted by Gasteiger charge is -2.15. The highest BCUT2D eigenvalue weighted by Gasteiger charge is 2.17. The van der Waals surface area contributed by atoms with Crippen molar-refractivity contribution < 1.29 is 9.21 Å². The van der Waals surface area contributed by atoms with Crippen molar-refractivity contribution in [1.29, 1.82) is 0 Å². The first-order valence-electron chi connectivity index (χ1n) is 5.66. The maximum Gasteiger partial charge on any atom is 0.417 e. The van der Waals surface area contributed by atoms with E-state index in [1.807, 2.05) is 13.8 Å². The Morgan fingerprint density at radius 3 is 2.74 bits per heavy atom. The number of halogens is 1. The van der Waals surface area contributed by atoms with E-state index in [1.165, 1.54) is 0 Å². The predicted octanol–water partition coefficient (Wildman–Crippen LogP) is 1.46. The lowest BCUT2D eigenvalue weighted by Crippen LogP contribution is -2.39. The van der Waals surface area contributed by atoms with Gasteiger partial charge in [0.15, 0.2) is 5.58 Å². The number of hydrogen-bond acceptors (Lipinski definition) is 4. The molecule has 7 heteroatoms. The molecule has 0 aliphatic heterocycles. The van der Waals surface area contributed by atoms with Crippen molar-refractivity contribution >= 4 is 35.1 Å². The van der Waals surface area contributed by atoms with Crippen LogP contribution >= 0.6 is 12.4 Å². The Balaban J connectivity index is 0.00000180. The number of nitrogens with two attached hydrogens (primary N) is 1. The zero-order chi connectivity index (χ0) is 13.3. The molecule has 2 aromatic rings. The number of carbonyl (C=O) groups excluding carboxylic acids is 1. The first-order valence-corrected chi connectivity index (χ1v) is 5.66. The Morgan fingerprint density at radius 1 is 1.42 bits per heavy atom. The van der Waals surface area contributed by atoms with Crippen LogP contribution in [0, 0.1) is 5.92 Å². The van der Waals surface area contributed by atoms with Crippen molar-refractivity contribution in [2.45, 2.75) is 19.9 Å². The van der Waals surface area contributed by atoms with Crippen LogP contribution in [0.3, 0.4) is 0 Å². The molecule has 1 atom stereocenters. The Hall–Kier alpha value is -1.79. The molecule has 1 aromatic carbocycles. The third-order valence-corrected chi connectivity index (χ3v) is 2.71. The number of nitrogens with one attached hydrogen (secondary N) is 2. The second-order valence-corrected chi connectivity index (χ2v) is 4.48. The number of fused-ring (bicyclic) bond motifs is 1. The quantitative estimate of drug-likeness (QED) is 0.794. The van der Waals surface area contributed by atoms with E-state index in [2.05, 4.69) is 10.3 Å². The fourth-order valence-electron chi connectivity index (χ4n) is 1.56. The highest BCUT2D eigenvalue weighted by Crippen LogP contribution is 2.16. The number of hydrogen-bond donors (Lipinski definition) is 3. The predicted molar refractivity (Wildman–Crippen MR) is 75.5 cm³/mol. The van der Waals surface area contributed by atoms with Gasteiger partial charge in [-0.2, -0.15) is 0 Å². The number of rotatable bonds is 3. The second kappa shape index (κ2) is 5.90. The van der Waals surface area contributed by atoms with Gasteiger partial charge in [0.2, 0.25) is 5.91 Å². The van der Waals surface area contributed by atoms with Gasteiger partial charge in [0, 0.05) is 5.69 Å². The summed E-state index contributed by atoms with van der Waals surface area (Å²) in [6.45, 7) is 3.75. The minimum atomic E-state index is -0.566. The summed E-state index contributed by atoms with van der Waals surface area (Å²) in [5.74, 6) is -0.718. The summed E-state index contributed by atoms with van der Waals surface area (Å²) in [6, 6.07) is 4.34. The van der Waals surface area contributed by atoms with Gasteiger partial charge in [-0.05, 0) is 24.1 Å². The summed E-state index contributed by atoms with van der Waals surface area (Å²) >= 11 is 0. The van der Waals surface area contributed by atoms with Crippen molar-refractivity contribution in [3.05, 3.63) is 28.7 Å². The van der Waals surface area contributed by atoms with Crippen LogP contribution < -0.4 is 16.8 Å². The summed E-state index contributed by atoms with van der Waals surface area (Å²) in [7, 11) is 0. The molecule has 1 heterocycles. The van der Waals surface area contributed by atoms with Gasteiger partial charge in [0.05, 0.1) is 11.6 Å². The van der Waals surface area contributed by atoms with Crippen LogP contribution in [0.15, 0.2) is 27.4 Å². The normalized spacial score (nSPS) is 12.2. The summed E-state index contributed by atoms with van der Waals surface area (Å²) in [4.78, 5) is 25.3. The Kier molecular flexibility index (Phi) is 4.74. The number of aromatic nitrogens is 1. The topological polar surface area (TPSA) is 101 Å². The van der Waals surface area contributed by atoms with Gasteiger partial charge in [-0.25, -0.2) is 4.79 Å². The average Bonchev–Trinajstić information content (AvgIpc) is 2.67. The summed E-state index contributed by atoms with van der Waals surface area (Å²) in [5, 5.41) is 2.70. The number of oxazole rings is 1. The maximum absolute atomic E-state index is 11.8. The molecule has 0 aliphatic rings. The van der Waals surface area contributed by atoms with Crippen LogP contribution in [-0.4, -0.2) is 16.9 Å². The molecule has 2 rings (SSSR count). The summed E-state index contributed by atoms with van der Waals surface area (Å²) in [6.07, 6.45) is 0. The van der Waals surface area contributed by atoms with Crippen LogP contribution in [-0.2, 0) is 4.79 Å². The van der Waals surface area contributed by atoms with E-state index < -0.39 is 11.8 Å². The Bertz CT molecular complexity index is 632. The molecule has 1 unspecified atom stereocenters. The number of anilines is 1. The van der Waals surface area contributed by atoms with Crippen LogP contribution in [0.25, 0.3) is 11.1 Å². The zero-order valence-corrected chi connectivity index (χ0v) is 11.4. The van der Waals surface area contributed by atoms with Crippen molar-refractivity contribution in [2.75, 3.05) is 5.32 Å². The highest BCUT2D eigenvalue weighted by molar-refractivity contribution is 5.96. The molecule has 0 saturated carbocycles. The Labute approximate surface area is 115 Å². The fraction of sp³-hybridized carbons (Fsp3) is 0.333. The molecular weight excluding hydrogens is 270 g/mol. The standard InChI is InChI=1S/C12H15N3O3.ClH/c1-6(2)10(13)11(16)14-7-3-4-9-8(5-7)15-12(17)18-9;/h3-6,10H,13H2,1-2H3,(H,14,16)(H,15,17);1H. The number of carbonyl (C=O) groups is 1. The molecule has 104 valence electrons. The largest absolute Gasteiger partial charge is 0.417 e. The summed E-state index contributed by atoms with van der Waals surface area (Å²) in [5.41, 5.74) is 7.29.